The molecule has 0 unspecified atom stereocenters. The molecule has 0 saturated carbocycles. The average molecular weight is 275 g/mol. The van der Waals surface area contributed by atoms with Crippen LogP contribution in [0.3, 0.4) is 0 Å². The highest BCUT2D eigenvalue weighted by molar-refractivity contribution is 5.78. The van der Waals surface area contributed by atoms with E-state index in [0.29, 0.717) is 18.9 Å². The molecule has 0 atom stereocenters. The van der Waals surface area contributed by atoms with Crippen LogP contribution < -0.4 is 0 Å². The molecule has 2 aromatic rings. The first-order chi connectivity index (χ1) is 9.79. The number of methoxy groups -OCH3 is 1. The molecule has 0 saturated heterocycles. The van der Waals surface area contributed by atoms with Gasteiger partial charge in [-0.25, -0.2) is 9.78 Å². The van der Waals surface area contributed by atoms with Gasteiger partial charge < -0.3 is 14.2 Å². The van der Waals surface area contributed by atoms with Gasteiger partial charge in [0, 0.05) is 12.5 Å². The first-order valence-corrected chi connectivity index (χ1v) is 6.36. The third-order valence-electron chi connectivity index (χ3n) is 2.69. The fourth-order valence-electron chi connectivity index (χ4n) is 1.68. The predicted octanol–water partition coefficient (Wildman–Crippen LogP) is 1.94. The van der Waals surface area contributed by atoms with E-state index in [1.54, 1.807) is 7.11 Å². The molecule has 1 heterocycles. The average Bonchev–Trinajstić information content (AvgIpc) is 2.49. The zero-order valence-corrected chi connectivity index (χ0v) is 11.4. The van der Waals surface area contributed by atoms with Crippen molar-refractivity contribution in [2.45, 2.75) is 6.61 Å². The Labute approximate surface area is 117 Å². The third kappa shape index (κ3) is 4.29. The second-order valence-electron chi connectivity index (χ2n) is 4.20. The molecular formula is C15H17NO4. The maximum atomic E-state index is 11.4. The Kier molecular flexibility index (Phi) is 5.46. The number of rotatable bonds is 7. The molecule has 0 aliphatic heterocycles. The number of hydrogen-bond acceptors (Lipinski definition) is 5. The van der Waals surface area contributed by atoms with Gasteiger partial charge in [0.15, 0.2) is 0 Å². The van der Waals surface area contributed by atoms with Crippen molar-refractivity contribution in [1.82, 2.24) is 4.98 Å². The highest BCUT2D eigenvalue weighted by Crippen LogP contribution is 2.12. The molecule has 0 spiro atoms. The molecule has 0 aliphatic rings. The minimum absolute atomic E-state index is 0.0725. The van der Waals surface area contributed by atoms with Gasteiger partial charge >= 0.3 is 5.97 Å². The Morgan fingerprint density at radius 1 is 1.15 bits per heavy atom. The van der Waals surface area contributed by atoms with Crippen LogP contribution in [0.4, 0.5) is 0 Å². The predicted molar refractivity (Wildman–Crippen MR) is 74.2 cm³/mol. The lowest BCUT2D eigenvalue weighted by molar-refractivity contribution is -0.150. The van der Waals surface area contributed by atoms with Gasteiger partial charge in [0.25, 0.3) is 0 Å². The summed E-state index contributed by atoms with van der Waals surface area (Å²) in [7, 11) is 1.58. The number of esters is 1. The smallest absolute Gasteiger partial charge is 0.332 e. The quantitative estimate of drug-likeness (QED) is 0.571. The Bertz CT molecular complexity index is 571. The van der Waals surface area contributed by atoms with Crippen molar-refractivity contribution in [2.75, 3.05) is 26.9 Å². The van der Waals surface area contributed by atoms with E-state index in [2.05, 4.69) is 4.98 Å². The summed E-state index contributed by atoms with van der Waals surface area (Å²) in [5.41, 5.74) is 1.60. The molecular weight excluding hydrogens is 258 g/mol. The maximum Gasteiger partial charge on any atom is 0.332 e. The number of para-hydroxylation sites is 1. The summed E-state index contributed by atoms with van der Waals surface area (Å²) in [6.07, 6.45) is 0. The van der Waals surface area contributed by atoms with Crippen LogP contribution in [-0.4, -0.2) is 37.9 Å². The zero-order valence-electron chi connectivity index (χ0n) is 11.4. The first kappa shape index (κ1) is 14.4. The molecule has 20 heavy (non-hydrogen) atoms. The summed E-state index contributed by atoms with van der Waals surface area (Å²) in [6, 6.07) is 11.6. The Hall–Kier alpha value is -1.98. The minimum Gasteiger partial charge on any atom is -0.457 e. The van der Waals surface area contributed by atoms with Gasteiger partial charge in [-0.3, -0.25) is 0 Å². The van der Waals surface area contributed by atoms with Crippen molar-refractivity contribution < 1.29 is 19.0 Å². The van der Waals surface area contributed by atoms with Crippen molar-refractivity contribution >= 4 is 16.9 Å². The van der Waals surface area contributed by atoms with E-state index in [0.717, 1.165) is 10.9 Å². The third-order valence-corrected chi connectivity index (χ3v) is 2.69. The van der Waals surface area contributed by atoms with E-state index in [1.807, 2.05) is 36.4 Å². The molecule has 0 amide bonds. The SMILES string of the molecule is COCCOCC(=O)OCc1ccc2ccccc2n1. The van der Waals surface area contributed by atoms with Gasteiger partial charge in [-0.2, -0.15) is 0 Å². The summed E-state index contributed by atoms with van der Waals surface area (Å²) in [5.74, 6) is -0.406. The minimum atomic E-state index is -0.406. The van der Waals surface area contributed by atoms with Gasteiger partial charge in [-0.15, -0.1) is 0 Å². The Balaban J connectivity index is 1.81. The van der Waals surface area contributed by atoms with Crippen molar-refractivity contribution in [3.8, 4) is 0 Å². The van der Waals surface area contributed by atoms with Gasteiger partial charge in [0.2, 0.25) is 0 Å². The topological polar surface area (TPSA) is 57.7 Å². The molecule has 2 rings (SSSR count). The number of ether oxygens (including phenoxy) is 3. The van der Waals surface area contributed by atoms with Gasteiger partial charge in [-0.1, -0.05) is 24.3 Å². The fraction of sp³-hybridized carbons (Fsp3) is 0.333. The van der Waals surface area contributed by atoms with Crippen LogP contribution in [0.1, 0.15) is 5.69 Å². The highest BCUT2D eigenvalue weighted by Gasteiger charge is 2.05. The molecule has 1 aromatic heterocycles. The van der Waals surface area contributed by atoms with Crippen LogP contribution >= 0.6 is 0 Å². The molecule has 0 bridgehead atoms. The normalized spacial score (nSPS) is 10.7. The number of aromatic nitrogens is 1. The van der Waals surface area contributed by atoms with Crippen LogP contribution in [0.25, 0.3) is 10.9 Å². The lowest BCUT2D eigenvalue weighted by Gasteiger charge is -2.06. The summed E-state index contributed by atoms with van der Waals surface area (Å²) >= 11 is 0. The summed E-state index contributed by atoms with van der Waals surface area (Å²) in [4.78, 5) is 15.8. The molecule has 0 N–H and O–H groups in total. The molecule has 0 aliphatic carbocycles. The zero-order chi connectivity index (χ0) is 14.2. The summed E-state index contributed by atoms with van der Waals surface area (Å²) in [6.45, 7) is 0.910. The van der Waals surface area contributed by atoms with Crippen molar-refractivity contribution in [1.29, 1.82) is 0 Å². The van der Waals surface area contributed by atoms with E-state index in [1.165, 1.54) is 0 Å². The van der Waals surface area contributed by atoms with E-state index < -0.39 is 5.97 Å². The van der Waals surface area contributed by atoms with E-state index in [-0.39, 0.29) is 13.2 Å². The number of pyridine rings is 1. The summed E-state index contributed by atoms with van der Waals surface area (Å²) in [5, 5.41) is 1.06. The van der Waals surface area contributed by atoms with Gasteiger partial charge in [0.05, 0.1) is 24.4 Å². The number of hydrogen-bond donors (Lipinski definition) is 0. The second kappa shape index (κ2) is 7.57. The lowest BCUT2D eigenvalue weighted by atomic mass is 10.2. The van der Waals surface area contributed by atoms with Crippen LogP contribution in [0, 0.1) is 0 Å². The summed E-state index contributed by atoms with van der Waals surface area (Å²) < 4.78 is 15.0. The van der Waals surface area contributed by atoms with Crippen LogP contribution in [0.5, 0.6) is 0 Å². The van der Waals surface area contributed by atoms with E-state index in [9.17, 15) is 4.79 Å². The fourth-order valence-corrected chi connectivity index (χ4v) is 1.68. The lowest BCUT2D eigenvalue weighted by Crippen LogP contribution is -2.15. The van der Waals surface area contributed by atoms with Crippen LogP contribution in [0.2, 0.25) is 0 Å². The Morgan fingerprint density at radius 3 is 2.85 bits per heavy atom. The maximum absolute atomic E-state index is 11.4. The van der Waals surface area contributed by atoms with Crippen molar-refractivity contribution in [2.24, 2.45) is 0 Å². The molecule has 1 aromatic carbocycles. The highest BCUT2D eigenvalue weighted by atomic mass is 16.6. The van der Waals surface area contributed by atoms with Crippen molar-refractivity contribution in [3.05, 3.63) is 42.1 Å². The first-order valence-electron chi connectivity index (χ1n) is 6.36. The molecule has 0 fully saturated rings. The molecule has 5 nitrogen and oxygen atoms in total. The molecule has 106 valence electrons. The van der Waals surface area contributed by atoms with Crippen LogP contribution in [-0.2, 0) is 25.6 Å². The van der Waals surface area contributed by atoms with Crippen LogP contribution in [0.15, 0.2) is 36.4 Å². The number of carbonyl (C=O) groups is 1. The van der Waals surface area contributed by atoms with Gasteiger partial charge in [-0.05, 0) is 12.1 Å². The van der Waals surface area contributed by atoms with E-state index >= 15 is 0 Å². The number of fused-ring (bicyclic) bond motifs is 1. The van der Waals surface area contributed by atoms with Gasteiger partial charge in [0.1, 0.15) is 13.2 Å². The molecule has 0 radical (unpaired) electrons. The van der Waals surface area contributed by atoms with E-state index in [4.69, 9.17) is 14.2 Å². The molecule has 5 heteroatoms. The largest absolute Gasteiger partial charge is 0.457 e. The Morgan fingerprint density at radius 2 is 2.00 bits per heavy atom. The second-order valence-corrected chi connectivity index (χ2v) is 4.20. The number of carbonyl (C=O) groups excluding carboxylic acids is 1. The number of benzene rings is 1. The standard InChI is InChI=1S/C15H17NO4/c1-18-8-9-19-11-15(17)20-10-13-7-6-12-4-2-3-5-14(12)16-13/h2-7H,8-11H2,1H3. The van der Waals surface area contributed by atoms with Crippen molar-refractivity contribution in [3.63, 3.8) is 0 Å². The number of nitrogens with zero attached hydrogens (tertiary/aromatic N) is 1. The monoisotopic (exact) mass is 275 g/mol.